The lowest BCUT2D eigenvalue weighted by atomic mass is 10.3. The van der Waals surface area contributed by atoms with E-state index in [-0.39, 0.29) is 6.04 Å². The van der Waals surface area contributed by atoms with Crippen LogP contribution < -0.4 is 5.32 Å². The van der Waals surface area contributed by atoms with Gasteiger partial charge in [0.2, 0.25) is 0 Å². The molecule has 0 fully saturated rings. The highest BCUT2D eigenvalue weighted by Gasteiger charge is 2.12. The Balaban J connectivity index is 1.93. The van der Waals surface area contributed by atoms with E-state index in [1.807, 2.05) is 40.4 Å². The third kappa shape index (κ3) is 1.71. The molecule has 0 aromatic carbocycles. The molecule has 3 aromatic rings. The zero-order valence-corrected chi connectivity index (χ0v) is 10.3. The SMILES string of the molecule is CC(Nc1cccc2nccn12)c1nncn1C. The predicted octanol–water partition coefficient (Wildman–Crippen LogP) is 1.64. The molecule has 3 rings (SSSR count). The maximum Gasteiger partial charge on any atom is 0.154 e. The van der Waals surface area contributed by atoms with E-state index in [1.165, 1.54) is 0 Å². The Hall–Kier alpha value is -2.37. The van der Waals surface area contributed by atoms with Gasteiger partial charge in [-0.2, -0.15) is 0 Å². The van der Waals surface area contributed by atoms with Gasteiger partial charge >= 0.3 is 0 Å². The van der Waals surface area contributed by atoms with Crippen molar-refractivity contribution < 1.29 is 0 Å². The van der Waals surface area contributed by atoms with E-state index >= 15 is 0 Å². The van der Waals surface area contributed by atoms with Gasteiger partial charge in [-0.05, 0) is 19.1 Å². The monoisotopic (exact) mass is 242 g/mol. The van der Waals surface area contributed by atoms with Gasteiger partial charge in [-0.15, -0.1) is 10.2 Å². The second kappa shape index (κ2) is 4.14. The van der Waals surface area contributed by atoms with Crippen molar-refractivity contribution in [2.75, 3.05) is 5.32 Å². The number of rotatable bonds is 3. The predicted molar refractivity (Wildman–Crippen MR) is 68.2 cm³/mol. The quantitative estimate of drug-likeness (QED) is 0.758. The van der Waals surface area contributed by atoms with Gasteiger partial charge in [-0.3, -0.25) is 4.40 Å². The highest BCUT2D eigenvalue weighted by molar-refractivity contribution is 5.50. The van der Waals surface area contributed by atoms with Crippen LogP contribution in [0.1, 0.15) is 18.8 Å². The first-order valence-corrected chi connectivity index (χ1v) is 5.78. The van der Waals surface area contributed by atoms with Crippen LogP contribution in [0.4, 0.5) is 5.82 Å². The molecule has 0 spiro atoms. The Morgan fingerprint density at radius 1 is 1.33 bits per heavy atom. The standard InChI is InChI=1S/C12H14N6/c1-9(12-16-14-8-17(12)2)15-11-5-3-4-10-13-6-7-18(10)11/h3-9,15H,1-2H3. The van der Waals surface area contributed by atoms with Crippen LogP contribution in [0.15, 0.2) is 36.9 Å². The minimum absolute atomic E-state index is 0.0745. The topological polar surface area (TPSA) is 60.0 Å². The van der Waals surface area contributed by atoms with Gasteiger partial charge < -0.3 is 9.88 Å². The minimum atomic E-state index is 0.0745. The average Bonchev–Trinajstić information content (AvgIpc) is 2.97. The molecule has 1 atom stereocenters. The zero-order chi connectivity index (χ0) is 12.5. The number of aryl methyl sites for hydroxylation is 1. The van der Waals surface area contributed by atoms with Crippen molar-refractivity contribution in [1.29, 1.82) is 0 Å². The zero-order valence-electron chi connectivity index (χ0n) is 10.3. The lowest BCUT2D eigenvalue weighted by Crippen LogP contribution is -2.13. The summed E-state index contributed by atoms with van der Waals surface area (Å²) in [6.07, 6.45) is 5.42. The third-order valence-corrected chi connectivity index (χ3v) is 2.93. The van der Waals surface area contributed by atoms with Gasteiger partial charge in [-0.1, -0.05) is 6.07 Å². The number of nitrogens with zero attached hydrogens (tertiary/aromatic N) is 5. The Morgan fingerprint density at radius 2 is 2.22 bits per heavy atom. The fraction of sp³-hybridized carbons (Fsp3) is 0.250. The minimum Gasteiger partial charge on any atom is -0.361 e. The first-order valence-electron chi connectivity index (χ1n) is 5.78. The highest BCUT2D eigenvalue weighted by atomic mass is 15.3. The molecule has 3 aromatic heterocycles. The van der Waals surface area contributed by atoms with E-state index in [1.54, 1.807) is 12.5 Å². The summed E-state index contributed by atoms with van der Waals surface area (Å²) in [5, 5.41) is 11.4. The smallest absolute Gasteiger partial charge is 0.154 e. The Labute approximate surface area is 104 Å². The van der Waals surface area contributed by atoms with Crippen molar-refractivity contribution in [1.82, 2.24) is 24.1 Å². The summed E-state index contributed by atoms with van der Waals surface area (Å²) < 4.78 is 3.92. The van der Waals surface area contributed by atoms with Crippen molar-refractivity contribution in [2.45, 2.75) is 13.0 Å². The van der Waals surface area contributed by atoms with Gasteiger partial charge in [0, 0.05) is 19.4 Å². The van der Waals surface area contributed by atoms with Crippen LogP contribution in [0.5, 0.6) is 0 Å². The molecule has 1 N–H and O–H groups in total. The summed E-state index contributed by atoms with van der Waals surface area (Å²) in [7, 11) is 1.94. The van der Waals surface area contributed by atoms with Crippen molar-refractivity contribution in [3.05, 3.63) is 42.7 Å². The van der Waals surface area contributed by atoms with E-state index in [4.69, 9.17) is 0 Å². The molecule has 0 aliphatic carbocycles. The summed E-state index contributed by atoms with van der Waals surface area (Å²) >= 11 is 0. The molecule has 0 amide bonds. The molecule has 6 heteroatoms. The number of hydrogen-bond acceptors (Lipinski definition) is 4. The van der Waals surface area contributed by atoms with Crippen molar-refractivity contribution in [3.63, 3.8) is 0 Å². The molecule has 0 aliphatic rings. The fourth-order valence-electron chi connectivity index (χ4n) is 2.04. The number of anilines is 1. The van der Waals surface area contributed by atoms with Crippen molar-refractivity contribution in [2.24, 2.45) is 7.05 Å². The number of fused-ring (bicyclic) bond motifs is 1. The molecule has 0 bridgehead atoms. The van der Waals surface area contributed by atoms with Crippen LogP contribution in [0.2, 0.25) is 0 Å². The highest BCUT2D eigenvalue weighted by Crippen LogP contribution is 2.18. The Bertz CT molecular complexity index is 668. The first kappa shape index (κ1) is 10.8. The van der Waals surface area contributed by atoms with E-state index in [2.05, 4.69) is 27.4 Å². The van der Waals surface area contributed by atoms with E-state index < -0.39 is 0 Å². The number of aromatic nitrogens is 5. The van der Waals surface area contributed by atoms with Crippen LogP contribution in [0.3, 0.4) is 0 Å². The summed E-state index contributed by atoms with van der Waals surface area (Å²) in [6, 6.07) is 6.04. The third-order valence-electron chi connectivity index (χ3n) is 2.93. The number of imidazole rings is 1. The second-order valence-electron chi connectivity index (χ2n) is 4.23. The molecule has 3 heterocycles. The lowest BCUT2D eigenvalue weighted by Gasteiger charge is -2.15. The van der Waals surface area contributed by atoms with Crippen LogP contribution in [0, 0.1) is 0 Å². The van der Waals surface area contributed by atoms with Crippen molar-refractivity contribution >= 4 is 11.5 Å². The average molecular weight is 242 g/mol. The van der Waals surface area contributed by atoms with Crippen LogP contribution in [-0.2, 0) is 7.05 Å². The maximum atomic E-state index is 4.26. The van der Waals surface area contributed by atoms with Crippen LogP contribution in [0.25, 0.3) is 5.65 Å². The summed E-state index contributed by atoms with van der Waals surface area (Å²) in [6.45, 7) is 2.06. The molecular weight excluding hydrogens is 228 g/mol. The molecule has 6 nitrogen and oxygen atoms in total. The number of hydrogen-bond donors (Lipinski definition) is 1. The Kier molecular flexibility index (Phi) is 2.47. The summed E-state index contributed by atoms with van der Waals surface area (Å²) in [5.41, 5.74) is 0.921. The summed E-state index contributed by atoms with van der Waals surface area (Å²) in [5.74, 6) is 1.88. The molecule has 1 unspecified atom stereocenters. The van der Waals surface area contributed by atoms with Gasteiger partial charge in [0.25, 0.3) is 0 Å². The van der Waals surface area contributed by atoms with Gasteiger partial charge in [0.05, 0.1) is 6.04 Å². The number of nitrogens with one attached hydrogen (secondary N) is 1. The molecular formula is C12H14N6. The molecule has 92 valence electrons. The van der Waals surface area contributed by atoms with Gasteiger partial charge in [0.1, 0.15) is 17.8 Å². The molecule has 0 saturated carbocycles. The largest absolute Gasteiger partial charge is 0.361 e. The molecule has 0 radical (unpaired) electrons. The maximum absolute atomic E-state index is 4.26. The van der Waals surface area contributed by atoms with Crippen LogP contribution >= 0.6 is 0 Å². The Morgan fingerprint density at radius 3 is 3.00 bits per heavy atom. The fourth-order valence-corrected chi connectivity index (χ4v) is 2.04. The molecule has 18 heavy (non-hydrogen) atoms. The van der Waals surface area contributed by atoms with Gasteiger partial charge in [-0.25, -0.2) is 4.98 Å². The van der Waals surface area contributed by atoms with E-state index in [0.29, 0.717) is 0 Å². The molecule has 0 aliphatic heterocycles. The first-order chi connectivity index (χ1) is 8.75. The van der Waals surface area contributed by atoms with E-state index in [0.717, 1.165) is 17.3 Å². The summed E-state index contributed by atoms with van der Waals surface area (Å²) in [4.78, 5) is 4.26. The number of pyridine rings is 1. The molecule has 0 saturated heterocycles. The normalized spacial score (nSPS) is 12.8. The van der Waals surface area contributed by atoms with E-state index in [9.17, 15) is 0 Å². The lowest BCUT2D eigenvalue weighted by molar-refractivity contribution is 0.715. The van der Waals surface area contributed by atoms with Crippen LogP contribution in [-0.4, -0.2) is 24.1 Å². The van der Waals surface area contributed by atoms with Crippen molar-refractivity contribution in [3.8, 4) is 0 Å². The van der Waals surface area contributed by atoms with Gasteiger partial charge in [0.15, 0.2) is 5.82 Å². The second-order valence-corrected chi connectivity index (χ2v) is 4.23.